The highest BCUT2D eigenvalue weighted by Gasteiger charge is 2.22. The summed E-state index contributed by atoms with van der Waals surface area (Å²) in [7, 11) is 0. The van der Waals surface area contributed by atoms with Crippen LogP contribution in [0.15, 0.2) is 18.2 Å². The Morgan fingerprint density at radius 3 is 2.43 bits per heavy atom. The van der Waals surface area contributed by atoms with Crippen LogP contribution in [0.25, 0.3) is 0 Å². The Labute approximate surface area is 128 Å². The highest BCUT2D eigenvalue weighted by Crippen LogP contribution is 2.22. The lowest BCUT2D eigenvalue weighted by Crippen LogP contribution is -2.49. The number of Topliss-reactive ketones (excluding diaryl/α,β-unsaturated/α-hetero) is 1. The second kappa shape index (κ2) is 6.93. The number of carbonyl (C=O) groups is 2. The van der Waals surface area contributed by atoms with Crippen LogP contribution in [0.2, 0.25) is 0 Å². The lowest BCUT2D eigenvalue weighted by molar-refractivity contribution is -0.128. The molecule has 0 aromatic heterocycles. The van der Waals surface area contributed by atoms with Gasteiger partial charge in [0.15, 0.2) is 5.78 Å². The number of rotatable bonds is 4. The molecule has 0 aliphatic carbocycles. The van der Waals surface area contributed by atoms with Crippen LogP contribution in [0, 0.1) is 5.82 Å². The van der Waals surface area contributed by atoms with Crippen LogP contribution in [0.3, 0.4) is 0 Å². The first-order valence-electron chi connectivity index (χ1n) is 6.85. The number of hydrogen-bond acceptors (Lipinski definition) is 4. The second-order valence-corrected chi connectivity index (χ2v) is 5.89. The number of piperazine rings is 1. The molecular weight excluding hydrogens is 291 g/mol. The van der Waals surface area contributed by atoms with Crippen molar-refractivity contribution in [2.45, 2.75) is 6.92 Å². The molecule has 0 saturated carbocycles. The smallest absolute Gasteiger partial charge is 0.232 e. The normalized spacial score (nSPS) is 15.2. The number of nitrogens with zero attached hydrogens (tertiary/aromatic N) is 2. The SMILES string of the molecule is CSCC(=O)N1CCN(c2ccc(C(C)=O)cc2F)CC1. The Kier molecular flexibility index (Phi) is 5.22. The number of halogens is 1. The van der Waals surface area contributed by atoms with Gasteiger partial charge in [0, 0.05) is 31.7 Å². The summed E-state index contributed by atoms with van der Waals surface area (Å²) in [6.45, 7) is 3.85. The van der Waals surface area contributed by atoms with Crippen LogP contribution in [0.5, 0.6) is 0 Å². The molecule has 0 atom stereocenters. The van der Waals surface area contributed by atoms with Crippen molar-refractivity contribution in [1.29, 1.82) is 0 Å². The van der Waals surface area contributed by atoms with Crippen LogP contribution in [0.4, 0.5) is 10.1 Å². The van der Waals surface area contributed by atoms with E-state index in [-0.39, 0.29) is 17.5 Å². The van der Waals surface area contributed by atoms with E-state index in [0.717, 1.165) is 0 Å². The van der Waals surface area contributed by atoms with Crippen LogP contribution in [0.1, 0.15) is 17.3 Å². The molecule has 1 aliphatic heterocycles. The molecule has 1 aliphatic rings. The summed E-state index contributed by atoms with van der Waals surface area (Å²) in [5.74, 6) is 0.0934. The minimum absolute atomic E-state index is 0.134. The fourth-order valence-electron chi connectivity index (χ4n) is 2.39. The number of amides is 1. The van der Waals surface area contributed by atoms with Gasteiger partial charge >= 0.3 is 0 Å². The molecule has 1 fully saturated rings. The molecule has 0 N–H and O–H groups in total. The largest absolute Gasteiger partial charge is 0.366 e. The Morgan fingerprint density at radius 2 is 1.90 bits per heavy atom. The van der Waals surface area contributed by atoms with Gasteiger partial charge in [0.1, 0.15) is 5.82 Å². The molecule has 114 valence electrons. The number of anilines is 1. The predicted molar refractivity (Wildman–Crippen MR) is 83.6 cm³/mol. The molecule has 1 aromatic rings. The summed E-state index contributed by atoms with van der Waals surface area (Å²) in [4.78, 5) is 26.8. The predicted octanol–water partition coefficient (Wildman–Crippen LogP) is 2.04. The standard InChI is InChI=1S/C15H19FN2O2S/c1-11(19)12-3-4-14(13(16)9-12)17-5-7-18(8-6-17)15(20)10-21-2/h3-4,9H,5-8,10H2,1-2H3. The maximum Gasteiger partial charge on any atom is 0.232 e. The van der Waals surface area contributed by atoms with Gasteiger partial charge < -0.3 is 9.80 Å². The molecule has 0 radical (unpaired) electrons. The third kappa shape index (κ3) is 3.75. The average Bonchev–Trinajstić information content (AvgIpc) is 2.47. The first-order chi connectivity index (χ1) is 10.0. The van der Waals surface area contributed by atoms with Gasteiger partial charge in [-0.2, -0.15) is 11.8 Å². The summed E-state index contributed by atoms with van der Waals surface area (Å²) in [6, 6.07) is 4.57. The van der Waals surface area contributed by atoms with Gasteiger partial charge in [-0.25, -0.2) is 4.39 Å². The zero-order valence-corrected chi connectivity index (χ0v) is 13.1. The van der Waals surface area contributed by atoms with E-state index < -0.39 is 0 Å². The van der Waals surface area contributed by atoms with Crippen molar-refractivity contribution >= 4 is 29.1 Å². The third-order valence-electron chi connectivity index (χ3n) is 3.60. The molecule has 0 bridgehead atoms. The highest BCUT2D eigenvalue weighted by atomic mass is 32.2. The molecule has 4 nitrogen and oxygen atoms in total. The number of ketones is 1. The lowest BCUT2D eigenvalue weighted by atomic mass is 10.1. The summed E-state index contributed by atoms with van der Waals surface area (Å²) in [5.41, 5.74) is 0.877. The molecule has 0 spiro atoms. The highest BCUT2D eigenvalue weighted by molar-refractivity contribution is 7.99. The first kappa shape index (κ1) is 15.8. The van der Waals surface area contributed by atoms with E-state index >= 15 is 0 Å². The number of hydrogen-bond donors (Lipinski definition) is 0. The van der Waals surface area contributed by atoms with Gasteiger partial charge in [-0.15, -0.1) is 0 Å². The Hall–Kier alpha value is -1.56. The zero-order valence-electron chi connectivity index (χ0n) is 12.3. The monoisotopic (exact) mass is 310 g/mol. The van der Waals surface area contributed by atoms with E-state index in [1.165, 1.54) is 24.8 Å². The van der Waals surface area contributed by atoms with Crippen molar-refractivity contribution in [1.82, 2.24) is 4.90 Å². The third-order valence-corrected chi connectivity index (χ3v) is 4.13. The van der Waals surface area contributed by atoms with Gasteiger partial charge in [-0.1, -0.05) is 0 Å². The minimum Gasteiger partial charge on any atom is -0.366 e. The Morgan fingerprint density at radius 1 is 1.24 bits per heavy atom. The van der Waals surface area contributed by atoms with Crippen LogP contribution < -0.4 is 4.90 Å². The van der Waals surface area contributed by atoms with Gasteiger partial charge in [0.05, 0.1) is 11.4 Å². The quantitative estimate of drug-likeness (QED) is 0.798. The van der Waals surface area contributed by atoms with Gasteiger partial charge in [0.25, 0.3) is 0 Å². The number of thioether (sulfide) groups is 1. The van der Waals surface area contributed by atoms with E-state index in [1.807, 2.05) is 16.1 Å². The van der Waals surface area contributed by atoms with Crippen molar-refractivity contribution in [3.63, 3.8) is 0 Å². The number of benzene rings is 1. The molecule has 1 heterocycles. The van der Waals surface area contributed by atoms with Crippen molar-refractivity contribution in [2.75, 3.05) is 43.1 Å². The maximum atomic E-state index is 14.1. The van der Waals surface area contributed by atoms with Crippen molar-refractivity contribution in [3.05, 3.63) is 29.6 Å². The van der Waals surface area contributed by atoms with E-state index in [0.29, 0.717) is 43.2 Å². The molecule has 1 amide bonds. The second-order valence-electron chi connectivity index (χ2n) is 5.02. The molecule has 6 heteroatoms. The first-order valence-corrected chi connectivity index (χ1v) is 8.24. The lowest BCUT2D eigenvalue weighted by Gasteiger charge is -2.36. The van der Waals surface area contributed by atoms with Crippen LogP contribution >= 0.6 is 11.8 Å². The minimum atomic E-state index is -0.383. The molecular formula is C15H19FN2O2S. The van der Waals surface area contributed by atoms with Crippen LogP contribution in [-0.2, 0) is 4.79 Å². The Bertz CT molecular complexity index is 542. The fourth-order valence-corrected chi connectivity index (χ4v) is 2.82. The fraction of sp³-hybridized carbons (Fsp3) is 0.467. The van der Waals surface area contributed by atoms with Crippen molar-refractivity contribution in [3.8, 4) is 0 Å². The van der Waals surface area contributed by atoms with Gasteiger partial charge in [-0.3, -0.25) is 9.59 Å². The van der Waals surface area contributed by atoms with Gasteiger partial charge in [0.2, 0.25) is 5.91 Å². The molecule has 0 unspecified atom stereocenters. The van der Waals surface area contributed by atoms with Gasteiger partial charge in [-0.05, 0) is 31.4 Å². The van der Waals surface area contributed by atoms with E-state index in [1.54, 1.807) is 12.1 Å². The summed E-state index contributed by atoms with van der Waals surface area (Å²) in [6.07, 6.45) is 1.90. The van der Waals surface area contributed by atoms with Crippen molar-refractivity contribution in [2.24, 2.45) is 0 Å². The van der Waals surface area contributed by atoms with E-state index in [4.69, 9.17) is 0 Å². The molecule has 1 aromatic carbocycles. The Balaban J connectivity index is 2.02. The van der Waals surface area contributed by atoms with Crippen molar-refractivity contribution < 1.29 is 14.0 Å². The van der Waals surface area contributed by atoms with Crippen LogP contribution in [-0.4, -0.2) is 54.8 Å². The summed E-state index contributed by atoms with van der Waals surface area (Å²) >= 11 is 1.51. The maximum absolute atomic E-state index is 14.1. The van der Waals surface area contributed by atoms with E-state index in [9.17, 15) is 14.0 Å². The average molecular weight is 310 g/mol. The molecule has 2 rings (SSSR count). The van der Waals surface area contributed by atoms with E-state index in [2.05, 4.69) is 0 Å². The number of carbonyl (C=O) groups excluding carboxylic acids is 2. The molecule has 21 heavy (non-hydrogen) atoms. The topological polar surface area (TPSA) is 40.6 Å². The zero-order chi connectivity index (χ0) is 15.4. The summed E-state index contributed by atoms with van der Waals surface area (Å²) in [5, 5.41) is 0. The summed E-state index contributed by atoms with van der Waals surface area (Å²) < 4.78 is 14.1. The molecule has 1 saturated heterocycles.